The van der Waals surface area contributed by atoms with Gasteiger partial charge in [-0.2, -0.15) is 5.10 Å². The van der Waals surface area contributed by atoms with E-state index in [9.17, 15) is 14.0 Å². The average Bonchev–Trinajstić information content (AvgIpc) is 3.23. The molecule has 0 bridgehead atoms. The Kier molecular flexibility index (Phi) is 6.89. The molecule has 0 radical (unpaired) electrons. The maximum atomic E-state index is 14.6. The average molecular weight is 427 g/mol. The van der Waals surface area contributed by atoms with Crippen LogP contribution in [0.5, 0.6) is 11.5 Å². The van der Waals surface area contributed by atoms with Gasteiger partial charge < -0.3 is 14.4 Å². The summed E-state index contributed by atoms with van der Waals surface area (Å²) in [5.74, 6) is 0.202. The molecule has 0 saturated carbocycles. The molecule has 164 valence electrons. The van der Waals surface area contributed by atoms with E-state index in [0.29, 0.717) is 34.8 Å². The Bertz CT molecular complexity index is 1010. The van der Waals surface area contributed by atoms with E-state index in [4.69, 9.17) is 9.47 Å². The maximum Gasteiger partial charge on any atom is 0.262 e. The van der Waals surface area contributed by atoms with Gasteiger partial charge in [0.25, 0.3) is 5.91 Å². The first-order chi connectivity index (χ1) is 14.9. The van der Waals surface area contributed by atoms with Crippen molar-refractivity contribution in [1.29, 1.82) is 0 Å². The van der Waals surface area contributed by atoms with Crippen LogP contribution in [0.25, 0.3) is 0 Å². The van der Waals surface area contributed by atoms with Crippen molar-refractivity contribution in [2.24, 2.45) is 5.10 Å². The number of likely N-dealkylation sites (N-methyl/N-ethyl adjacent to an activating group) is 1. The number of carbonyl (C=O) groups is 2. The highest BCUT2D eigenvalue weighted by molar-refractivity contribution is 6.05. The van der Waals surface area contributed by atoms with Crippen molar-refractivity contribution in [1.82, 2.24) is 9.91 Å². The molecule has 0 aromatic heterocycles. The molecule has 0 aliphatic carbocycles. The van der Waals surface area contributed by atoms with Crippen LogP contribution >= 0.6 is 0 Å². The van der Waals surface area contributed by atoms with E-state index in [0.717, 1.165) is 0 Å². The Hall–Kier alpha value is -3.42. The molecule has 0 unspecified atom stereocenters. The molecule has 31 heavy (non-hydrogen) atoms. The molecule has 7 nitrogen and oxygen atoms in total. The molecule has 2 aromatic rings. The van der Waals surface area contributed by atoms with Gasteiger partial charge in [-0.05, 0) is 18.2 Å². The quantitative estimate of drug-likeness (QED) is 0.679. The van der Waals surface area contributed by atoms with Gasteiger partial charge in [-0.15, -0.1) is 0 Å². The SMILES string of the molecule is CCC(=O)N(C)CC(=O)N1N=C(c2ccc(OC)cc2OC)C[C@@H]1c1ccccc1F. The summed E-state index contributed by atoms with van der Waals surface area (Å²) in [7, 11) is 4.66. The fourth-order valence-electron chi connectivity index (χ4n) is 3.56. The van der Waals surface area contributed by atoms with Gasteiger partial charge >= 0.3 is 0 Å². The van der Waals surface area contributed by atoms with Gasteiger partial charge in [-0.1, -0.05) is 25.1 Å². The van der Waals surface area contributed by atoms with Crippen molar-refractivity contribution in [3.8, 4) is 11.5 Å². The minimum Gasteiger partial charge on any atom is -0.497 e. The van der Waals surface area contributed by atoms with Crippen molar-refractivity contribution >= 4 is 17.5 Å². The molecule has 2 aromatic carbocycles. The van der Waals surface area contributed by atoms with Gasteiger partial charge in [0.2, 0.25) is 5.91 Å². The molecule has 0 N–H and O–H groups in total. The summed E-state index contributed by atoms with van der Waals surface area (Å²) in [5.41, 5.74) is 1.65. The minimum atomic E-state index is -0.624. The smallest absolute Gasteiger partial charge is 0.262 e. The Balaban J connectivity index is 1.99. The molecule has 0 fully saturated rings. The lowest BCUT2D eigenvalue weighted by atomic mass is 9.97. The van der Waals surface area contributed by atoms with Crippen LogP contribution in [-0.4, -0.2) is 55.2 Å². The van der Waals surface area contributed by atoms with E-state index in [1.54, 1.807) is 57.5 Å². The summed E-state index contributed by atoms with van der Waals surface area (Å²) < 4.78 is 25.3. The van der Waals surface area contributed by atoms with Crippen LogP contribution in [0.4, 0.5) is 4.39 Å². The lowest BCUT2D eigenvalue weighted by molar-refractivity contribution is -0.140. The number of nitrogens with zero attached hydrogens (tertiary/aromatic N) is 3. The third kappa shape index (κ3) is 4.68. The zero-order valence-electron chi connectivity index (χ0n) is 18.1. The summed E-state index contributed by atoms with van der Waals surface area (Å²) in [5, 5.41) is 5.81. The summed E-state index contributed by atoms with van der Waals surface area (Å²) in [6.07, 6.45) is 0.596. The lowest BCUT2D eigenvalue weighted by Gasteiger charge is -2.25. The van der Waals surface area contributed by atoms with E-state index in [-0.39, 0.29) is 24.8 Å². The highest BCUT2D eigenvalue weighted by atomic mass is 19.1. The number of ether oxygens (including phenoxy) is 2. The van der Waals surface area contributed by atoms with Crippen LogP contribution in [0.3, 0.4) is 0 Å². The molecule has 3 rings (SSSR count). The maximum absolute atomic E-state index is 14.6. The highest BCUT2D eigenvalue weighted by Gasteiger charge is 2.36. The molecule has 1 aliphatic rings. The fraction of sp³-hybridized carbons (Fsp3) is 0.348. The van der Waals surface area contributed by atoms with E-state index in [2.05, 4.69) is 5.10 Å². The lowest BCUT2D eigenvalue weighted by Crippen LogP contribution is -2.39. The van der Waals surface area contributed by atoms with E-state index >= 15 is 0 Å². The number of hydrogen-bond donors (Lipinski definition) is 0. The molecular formula is C23H26FN3O4. The first-order valence-corrected chi connectivity index (χ1v) is 9.99. The van der Waals surface area contributed by atoms with Crippen molar-refractivity contribution in [3.63, 3.8) is 0 Å². The van der Waals surface area contributed by atoms with Crippen LogP contribution in [0, 0.1) is 5.82 Å². The minimum absolute atomic E-state index is 0.145. The zero-order valence-corrected chi connectivity index (χ0v) is 18.1. The number of methoxy groups -OCH3 is 2. The molecule has 8 heteroatoms. The first-order valence-electron chi connectivity index (χ1n) is 9.99. The third-order valence-corrected chi connectivity index (χ3v) is 5.25. The third-order valence-electron chi connectivity index (χ3n) is 5.25. The van der Waals surface area contributed by atoms with Crippen molar-refractivity contribution in [3.05, 3.63) is 59.4 Å². The Labute approximate surface area is 181 Å². The number of halogens is 1. The molecular weight excluding hydrogens is 401 g/mol. The van der Waals surface area contributed by atoms with E-state index in [1.807, 2.05) is 0 Å². The first kappa shape index (κ1) is 22.3. The molecule has 1 aliphatic heterocycles. The van der Waals surface area contributed by atoms with Crippen LogP contribution in [0.15, 0.2) is 47.6 Å². The van der Waals surface area contributed by atoms with Gasteiger partial charge in [-0.3, -0.25) is 9.59 Å². The van der Waals surface area contributed by atoms with Gasteiger partial charge in [0.15, 0.2) is 0 Å². The van der Waals surface area contributed by atoms with E-state index in [1.165, 1.54) is 23.1 Å². The standard InChI is InChI=1S/C23H26FN3O4/c1-5-22(28)26(2)14-23(29)27-20(16-8-6-7-9-18(16)24)13-19(25-27)17-11-10-15(30-3)12-21(17)31-4/h6-12,20H,5,13-14H2,1-4H3/t20-/m1/s1. The molecule has 1 heterocycles. The second kappa shape index (κ2) is 9.59. The largest absolute Gasteiger partial charge is 0.497 e. The summed E-state index contributed by atoms with van der Waals surface area (Å²) in [4.78, 5) is 26.3. The predicted molar refractivity (Wildman–Crippen MR) is 115 cm³/mol. The molecule has 2 amide bonds. The monoisotopic (exact) mass is 427 g/mol. The second-order valence-corrected chi connectivity index (χ2v) is 7.20. The van der Waals surface area contributed by atoms with Crippen molar-refractivity contribution in [2.75, 3.05) is 27.8 Å². The van der Waals surface area contributed by atoms with Crippen molar-refractivity contribution in [2.45, 2.75) is 25.8 Å². The normalized spacial score (nSPS) is 15.5. The Morgan fingerprint density at radius 3 is 2.58 bits per heavy atom. The molecule has 0 spiro atoms. The van der Waals surface area contributed by atoms with Gasteiger partial charge in [0.1, 0.15) is 23.9 Å². The number of carbonyl (C=O) groups excluding carboxylic acids is 2. The van der Waals surface area contributed by atoms with Crippen LogP contribution < -0.4 is 9.47 Å². The number of hydrogen-bond acceptors (Lipinski definition) is 5. The van der Waals surface area contributed by atoms with Gasteiger partial charge in [-0.25, -0.2) is 9.40 Å². The summed E-state index contributed by atoms with van der Waals surface area (Å²) in [6.45, 7) is 1.58. The van der Waals surface area contributed by atoms with Crippen molar-refractivity contribution < 1.29 is 23.5 Å². The molecule has 1 atom stereocenters. The van der Waals surface area contributed by atoms with Crippen LogP contribution in [0.1, 0.15) is 36.9 Å². The zero-order chi connectivity index (χ0) is 22.5. The topological polar surface area (TPSA) is 71.4 Å². The number of rotatable bonds is 7. The van der Waals surface area contributed by atoms with E-state index < -0.39 is 11.9 Å². The van der Waals surface area contributed by atoms with Gasteiger partial charge in [0, 0.05) is 37.1 Å². The summed E-state index contributed by atoms with van der Waals surface area (Å²) in [6, 6.07) is 11.0. The number of amides is 2. The van der Waals surface area contributed by atoms with Crippen LogP contribution in [0.2, 0.25) is 0 Å². The fourth-order valence-corrected chi connectivity index (χ4v) is 3.56. The highest BCUT2D eigenvalue weighted by Crippen LogP contribution is 2.37. The molecule has 0 saturated heterocycles. The second-order valence-electron chi connectivity index (χ2n) is 7.20. The number of benzene rings is 2. The summed E-state index contributed by atoms with van der Waals surface area (Å²) >= 11 is 0. The number of hydrazone groups is 1. The Morgan fingerprint density at radius 2 is 1.94 bits per heavy atom. The Morgan fingerprint density at radius 1 is 1.19 bits per heavy atom. The van der Waals surface area contributed by atoms with Crippen LogP contribution in [-0.2, 0) is 9.59 Å². The predicted octanol–water partition coefficient (Wildman–Crippen LogP) is 3.39. The van der Waals surface area contributed by atoms with Gasteiger partial charge in [0.05, 0.1) is 26.0 Å².